The molecule has 21 heavy (non-hydrogen) atoms. The maximum Gasteiger partial charge on any atom is 0.361 e. The van der Waals surface area contributed by atoms with E-state index in [1.807, 2.05) is 0 Å². The summed E-state index contributed by atoms with van der Waals surface area (Å²) in [6, 6.07) is -1.92. The van der Waals surface area contributed by atoms with Crippen LogP contribution in [0, 0.1) is 0 Å². The van der Waals surface area contributed by atoms with Crippen LogP contribution in [0.4, 0.5) is 9.59 Å². The Labute approximate surface area is 141 Å². The number of hydrogen-bond acceptors (Lipinski definition) is 5. The fourth-order valence-electron chi connectivity index (χ4n) is 0.343. The predicted molar refractivity (Wildman–Crippen MR) is 87.0 cm³/mol. The molecule has 0 aromatic heterocycles. The lowest BCUT2D eigenvalue weighted by atomic mass is 10.4. The van der Waals surface area contributed by atoms with Crippen LogP contribution in [0.1, 0.15) is 0 Å². The summed E-state index contributed by atoms with van der Waals surface area (Å²) in [5.74, 6) is -0.815. The summed E-state index contributed by atoms with van der Waals surface area (Å²) in [6.07, 6.45) is 0. The second-order valence-electron chi connectivity index (χ2n) is 3.68. The van der Waals surface area contributed by atoms with Gasteiger partial charge in [-0.1, -0.05) is 10.2 Å². The van der Waals surface area contributed by atoms with Crippen LogP contribution in [0.3, 0.4) is 0 Å². The highest BCUT2D eigenvalue weighted by Crippen LogP contribution is 1.89. The molecule has 0 aliphatic rings. The van der Waals surface area contributed by atoms with Crippen molar-refractivity contribution >= 4 is 55.5 Å². The summed E-state index contributed by atoms with van der Waals surface area (Å²) in [7, 11) is 6.12. The summed E-state index contributed by atoms with van der Waals surface area (Å²) in [5, 5.41) is 14.3. The van der Waals surface area contributed by atoms with Crippen LogP contribution in [0.25, 0.3) is 0 Å². The number of amides is 4. The molecule has 0 saturated heterocycles. The molecule has 3 N–H and O–H groups in total. The first-order chi connectivity index (χ1) is 8.63. The Morgan fingerprint density at radius 3 is 1.43 bits per heavy atom. The van der Waals surface area contributed by atoms with Gasteiger partial charge < -0.3 is 20.6 Å². The minimum absolute atomic E-state index is 0. The van der Waals surface area contributed by atoms with Crippen LogP contribution in [-0.4, -0.2) is 72.9 Å². The van der Waals surface area contributed by atoms with E-state index in [1.165, 1.54) is 38.0 Å². The first kappa shape index (κ1) is 28.1. The van der Waals surface area contributed by atoms with Gasteiger partial charge in [-0.3, -0.25) is 4.79 Å². The number of hydrogen-bond donors (Lipinski definition) is 3. The van der Waals surface area contributed by atoms with Crippen molar-refractivity contribution in [2.45, 2.75) is 6.04 Å². The van der Waals surface area contributed by atoms with Gasteiger partial charge in [-0.05, 0) is 0 Å². The van der Waals surface area contributed by atoms with E-state index in [0.717, 1.165) is 0 Å². The van der Waals surface area contributed by atoms with E-state index in [2.05, 4.69) is 22.9 Å². The van der Waals surface area contributed by atoms with Crippen LogP contribution in [-0.2, 0) is 4.79 Å². The number of carbonyl (C=O) groups excluding carboxylic acids is 2. The minimum Gasteiger partial charge on any atom is -0.480 e. The van der Waals surface area contributed by atoms with Crippen molar-refractivity contribution in [3.63, 3.8) is 0 Å². The molecule has 0 spiro atoms. The van der Waals surface area contributed by atoms with Gasteiger partial charge in [0.2, 0.25) is 0 Å². The Balaban J connectivity index is -0.000000140. The number of aliphatic carboxylic acids is 1. The van der Waals surface area contributed by atoms with Gasteiger partial charge in [0, 0.05) is 33.9 Å². The number of rotatable bonds is 2. The SMILES string of the molecule is CN(C)C(=O)N=NC(=O)N(C)C.Cl.Cl.N[C@H](CS)C(=O)O. The molecule has 4 amide bonds. The Hall–Kier alpha value is -1.10. The van der Waals surface area contributed by atoms with Crippen molar-refractivity contribution in [3.8, 4) is 0 Å². The van der Waals surface area contributed by atoms with Gasteiger partial charge in [0.25, 0.3) is 0 Å². The molecule has 126 valence electrons. The number of carbonyl (C=O) groups is 3. The zero-order valence-electron chi connectivity index (χ0n) is 12.1. The number of carboxylic acid groups (broad SMARTS) is 1. The fourth-order valence-corrected chi connectivity index (χ4v) is 0.499. The maximum absolute atomic E-state index is 10.8. The van der Waals surface area contributed by atoms with Crippen molar-refractivity contribution in [2.75, 3.05) is 33.9 Å². The van der Waals surface area contributed by atoms with Gasteiger partial charge in [0.1, 0.15) is 6.04 Å². The van der Waals surface area contributed by atoms with Gasteiger partial charge in [-0.15, -0.1) is 24.8 Å². The molecule has 0 aliphatic carbocycles. The highest BCUT2D eigenvalue weighted by Gasteiger charge is 2.06. The van der Waals surface area contributed by atoms with Crippen LogP contribution in [0.2, 0.25) is 0 Å². The molecule has 0 aliphatic heterocycles. The predicted octanol–water partition coefficient (Wildman–Crippen LogP) is 0.974. The molecule has 0 saturated carbocycles. The number of halogens is 2. The molecule has 0 rings (SSSR count). The molecule has 12 heteroatoms. The van der Waals surface area contributed by atoms with E-state index >= 15 is 0 Å². The van der Waals surface area contributed by atoms with Gasteiger partial charge >= 0.3 is 18.0 Å². The Morgan fingerprint density at radius 1 is 1.05 bits per heavy atom. The van der Waals surface area contributed by atoms with Crippen molar-refractivity contribution < 1.29 is 19.5 Å². The molecule has 0 aromatic carbocycles. The third-order valence-corrected chi connectivity index (χ3v) is 1.89. The first-order valence-corrected chi connectivity index (χ1v) is 5.70. The molecule has 0 bridgehead atoms. The van der Waals surface area contributed by atoms with E-state index in [1.54, 1.807) is 0 Å². The second kappa shape index (κ2) is 15.3. The standard InChI is InChI=1S/C6H12N4O2.C3H7NO2S.2ClH/c1-9(2)5(11)7-8-6(12)10(3)4;4-2(1-7)3(5)6;;/h1-4H3;2,7H,1,4H2,(H,5,6);2*1H/t;2-;;/m.1../s1. The minimum atomic E-state index is -1.00. The third-order valence-electron chi connectivity index (χ3n) is 1.50. The third kappa shape index (κ3) is 16.8. The largest absolute Gasteiger partial charge is 0.480 e. The van der Waals surface area contributed by atoms with Crippen molar-refractivity contribution in [2.24, 2.45) is 16.0 Å². The van der Waals surface area contributed by atoms with Gasteiger partial charge in [-0.2, -0.15) is 12.6 Å². The molecule has 1 atom stereocenters. The van der Waals surface area contributed by atoms with E-state index in [-0.39, 0.29) is 30.6 Å². The van der Waals surface area contributed by atoms with Crippen LogP contribution in [0.5, 0.6) is 0 Å². The fraction of sp³-hybridized carbons (Fsp3) is 0.667. The molecule has 0 heterocycles. The molecular formula is C9H21Cl2N5O4S. The molecule has 9 nitrogen and oxygen atoms in total. The monoisotopic (exact) mass is 365 g/mol. The summed E-state index contributed by atoms with van der Waals surface area (Å²) < 4.78 is 0. The van der Waals surface area contributed by atoms with Crippen LogP contribution < -0.4 is 5.73 Å². The summed E-state index contributed by atoms with van der Waals surface area (Å²) in [5.41, 5.74) is 4.94. The van der Waals surface area contributed by atoms with Crippen LogP contribution in [0.15, 0.2) is 10.2 Å². The summed E-state index contributed by atoms with van der Waals surface area (Å²) in [6.45, 7) is 0. The topological polar surface area (TPSA) is 129 Å². The quantitative estimate of drug-likeness (QED) is 0.496. The molecule has 0 unspecified atom stereocenters. The Morgan fingerprint density at radius 2 is 1.33 bits per heavy atom. The average Bonchev–Trinajstić information content (AvgIpc) is 2.34. The second-order valence-corrected chi connectivity index (χ2v) is 4.05. The lowest BCUT2D eigenvalue weighted by Gasteiger charge is -2.05. The molecule has 0 radical (unpaired) electrons. The smallest absolute Gasteiger partial charge is 0.361 e. The highest BCUT2D eigenvalue weighted by molar-refractivity contribution is 7.80. The van der Waals surface area contributed by atoms with Crippen molar-refractivity contribution in [1.29, 1.82) is 0 Å². The van der Waals surface area contributed by atoms with Gasteiger partial charge in [0.05, 0.1) is 0 Å². The number of nitrogens with zero attached hydrogens (tertiary/aromatic N) is 4. The molecule has 0 aromatic rings. The highest BCUT2D eigenvalue weighted by atomic mass is 35.5. The van der Waals surface area contributed by atoms with E-state index in [0.29, 0.717) is 0 Å². The number of azo groups is 1. The molecular weight excluding hydrogens is 345 g/mol. The normalized spacial score (nSPS) is 10.2. The van der Waals surface area contributed by atoms with Gasteiger partial charge in [-0.25, -0.2) is 9.59 Å². The number of nitrogens with two attached hydrogens (primary N) is 1. The first-order valence-electron chi connectivity index (χ1n) is 5.07. The maximum atomic E-state index is 10.8. The van der Waals surface area contributed by atoms with Crippen LogP contribution >= 0.6 is 37.4 Å². The van der Waals surface area contributed by atoms with E-state index in [4.69, 9.17) is 10.8 Å². The van der Waals surface area contributed by atoms with Crippen molar-refractivity contribution in [1.82, 2.24) is 9.80 Å². The van der Waals surface area contributed by atoms with Crippen molar-refractivity contribution in [3.05, 3.63) is 0 Å². The lowest BCUT2D eigenvalue weighted by molar-refractivity contribution is -0.137. The van der Waals surface area contributed by atoms with E-state index in [9.17, 15) is 14.4 Å². The number of thiol groups is 1. The van der Waals surface area contributed by atoms with E-state index < -0.39 is 24.1 Å². The number of carboxylic acids is 1. The summed E-state index contributed by atoms with van der Waals surface area (Å²) in [4.78, 5) is 33.7. The number of urea groups is 2. The zero-order chi connectivity index (χ0) is 15.6. The Bertz CT molecular complexity index is 333. The van der Waals surface area contributed by atoms with Gasteiger partial charge in [0.15, 0.2) is 0 Å². The zero-order valence-corrected chi connectivity index (χ0v) is 14.6. The Kier molecular flexibility index (Phi) is 20.5. The molecule has 0 fully saturated rings. The summed E-state index contributed by atoms with van der Waals surface area (Å²) >= 11 is 3.65. The average molecular weight is 366 g/mol. The lowest BCUT2D eigenvalue weighted by Crippen LogP contribution is -2.31.